The van der Waals surface area contributed by atoms with E-state index in [1.807, 2.05) is 19.1 Å². The van der Waals surface area contributed by atoms with Gasteiger partial charge in [-0.05, 0) is 32.4 Å². The molecule has 0 aliphatic heterocycles. The number of benzene rings is 1. The van der Waals surface area contributed by atoms with Gasteiger partial charge in [0.2, 0.25) is 0 Å². The van der Waals surface area contributed by atoms with Crippen molar-refractivity contribution in [1.82, 2.24) is 0 Å². The van der Waals surface area contributed by atoms with Gasteiger partial charge in [-0.25, -0.2) is 0 Å². The van der Waals surface area contributed by atoms with Crippen LogP contribution >= 0.6 is 0 Å². The summed E-state index contributed by atoms with van der Waals surface area (Å²) in [7, 11) is 3.24. The van der Waals surface area contributed by atoms with Crippen molar-refractivity contribution in [1.29, 1.82) is 0 Å². The van der Waals surface area contributed by atoms with Crippen molar-refractivity contribution in [2.75, 3.05) is 14.2 Å². The Balaban J connectivity index is 3.49. The molecule has 90 valence electrons. The van der Waals surface area contributed by atoms with E-state index in [1.165, 1.54) is 0 Å². The number of rotatable bonds is 4. The number of methoxy groups -OCH3 is 2. The first kappa shape index (κ1) is 12.8. The molecule has 1 aromatic rings. The Morgan fingerprint density at radius 1 is 1.12 bits per heavy atom. The van der Waals surface area contributed by atoms with Crippen LogP contribution in [0.3, 0.4) is 0 Å². The fraction of sp³-hybridized carbons (Fsp3) is 0.538. The summed E-state index contributed by atoms with van der Waals surface area (Å²) in [6, 6.07) is 3.69. The molecule has 0 heterocycles. The van der Waals surface area contributed by atoms with Crippen molar-refractivity contribution < 1.29 is 14.6 Å². The lowest BCUT2D eigenvalue weighted by Crippen LogP contribution is -2.19. The Morgan fingerprint density at radius 3 is 2.00 bits per heavy atom. The molecule has 0 atom stereocenters. The molecule has 0 bridgehead atoms. The summed E-state index contributed by atoms with van der Waals surface area (Å²) in [4.78, 5) is 0. The minimum Gasteiger partial charge on any atom is -0.496 e. The number of hydrogen-bond acceptors (Lipinski definition) is 3. The van der Waals surface area contributed by atoms with Gasteiger partial charge in [-0.3, -0.25) is 0 Å². The third-order valence-electron chi connectivity index (χ3n) is 2.64. The second-order valence-corrected chi connectivity index (χ2v) is 4.24. The van der Waals surface area contributed by atoms with Crippen molar-refractivity contribution in [2.45, 2.75) is 32.8 Å². The predicted molar refractivity (Wildman–Crippen MR) is 64.2 cm³/mol. The summed E-state index contributed by atoms with van der Waals surface area (Å²) in [5, 5.41) is 10.2. The van der Waals surface area contributed by atoms with Gasteiger partial charge in [-0.15, -0.1) is 0 Å². The topological polar surface area (TPSA) is 38.7 Å². The van der Waals surface area contributed by atoms with Gasteiger partial charge in [0, 0.05) is 11.1 Å². The number of hydrogen-bond donors (Lipinski definition) is 1. The molecule has 1 rings (SSSR count). The average molecular weight is 224 g/mol. The largest absolute Gasteiger partial charge is 0.496 e. The molecule has 0 aliphatic rings. The van der Waals surface area contributed by atoms with Crippen molar-refractivity contribution >= 4 is 0 Å². The highest BCUT2D eigenvalue weighted by Gasteiger charge is 2.26. The summed E-state index contributed by atoms with van der Waals surface area (Å²) in [5.74, 6) is 1.49. The van der Waals surface area contributed by atoms with Crippen LogP contribution in [-0.4, -0.2) is 19.3 Å². The zero-order valence-corrected chi connectivity index (χ0v) is 10.6. The smallest absolute Gasteiger partial charge is 0.125 e. The third-order valence-corrected chi connectivity index (χ3v) is 2.64. The zero-order valence-electron chi connectivity index (χ0n) is 10.6. The molecule has 0 fully saturated rings. The van der Waals surface area contributed by atoms with Crippen molar-refractivity contribution in [2.24, 2.45) is 0 Å². The summed E-state index contributed by atoms with van der Waals surface area (Å²) >= 11 is 0. The minimum atomic E-state index is -0.939. The first-order chi connectivity index (χ1) is 7.45. The average Bonchev–Trinajstić information content (AvgIpc) is 2.25. The maximum absolute atomic E-state index is 10.2. The van der Waals surface area contributed by atoms with E-state index in [-0.39, 0.29) is 0 Å². The van der Waals surface area contributed by atoms with E-state index in [4.69, 9.17) is 9.47 Å². The quantitative estimate of drug-likeness (QED) is 0.854. The van der Waals surface area contributed by atoms with Crippen molar-refractivity contribution in [3.63, 3.8) is 0 Å². The van der Waals surface area contributed by atoms with Crippen LogP contribution in [0, 0.1) is 0 Å². The van der Waals surface area contributed by atoms with E-state index in [0.29, 0.717) is 5.75 Å². The highest BCUT2D eigenvalue weighted by Crippen LogP contribution is 2.37. The number of ether oxygens (including phenoxy) is 2. The molecule has 1 N–H and O–H groups in total. The molecule has 0 aromatic heterocycles. The standard InChI is InChI=1S/C13H20O3/c1-6-9-10(15-4)7-8-11(16-5)12(9)13(2,3)14/h7-8,14H,6H2,1-5H3. The van der Waals surface area contributed by atoms with E-state index in [1.54, 1.807) is 28.1 Å². The Bertz CT molecular complexity index is 364. The lowest BCUT2D eigenvalue weighted by Gasteiger charge is -2.25. The molecule has 0 saturated carbocycles. The van der Waals surface area contributed by atoms with Gasteiger partial charge in [0.05, 0.1) is 19.8 Å². The molecule has 0 radical (unpaired) electrons. The van der Waals surface area contributed by atoms with Gasteiger partial charge in [0.25, 0.3) is 0 Å². The molecular weight excluding hydrogens is 204 g/mol. The lowest BCUT2D eigenvalue weighted by molar-refractivity contribution is 0.0743. The zero-order chi connectivity index (χ0) is 12.3. The van der Waals surface area contributed by atoms with Gasteiger partial charge >= 0.3 is 0 Å². The van der Waals surface area contributed by atoms with E-state index < -0.39 is 5.60 Å². The molecular formula is C13H20O3. The fourth-order valence-corrected chi connectivity index (χ4v) is 1.99. The summed E-state index contributed by atoms with van der Waals surface area (Å²) < 4.78 is 10.6. The number of aliphatic hydroxyl groups is 1. The minimum absolute atomic E-state index is 0.699. The van der Waals surface area contributed by atoms with Crippen LogP contribution in [0.15, 0.2) is 12.1 Å². The van der Waals surface area contributed by atoms with Gasteiger partial charge < -0.3 is 14.6 Å². The molecule has 0 spiro atoms. The van der Waals surface area contributed by atoms with Gasteiger partial charge in [0.15, 0.2) is 0 Å². The van der Waals surface area contributed by atoms with E-state index in [9.17, 15) is 5.11 Å². The molecule has 0 saturated heterocycles. The lowest BCUT2D eigenvalue weighted by atomic mass is 9.90. The van der Waals surface area contributed by atoms with E-state index >= 15 is 0 Å². The maximum Gasteiger partial charge on any atom is 0.125 e. The third kappa shape index (κ3) is 2.30. The molecule has 0 amide bonds. The first-order valence-electron chi connectivity index (χ1n) is 5.42. The van der Waals surface area contributed by atoms with E-state index in [2.05, 4.69) is 0 Å². The van der Waals surface area contributed by atoms with Crippen molar-refractivity contribution in [3.05, 3.63) is 23.3 Å². The molecule has 1 aromatic carbocycles. The summed E-state index contributed by atoms with van der Waals surface area (Å²) in [6.07, 6.45) is 0.791. The first-order valence-corrected chi connectivity index (χ1v) is 5.42. The molecule has 3 nitrogen and oxygen atoms in total. The maximum atomic E-state index is 10.2. The Morgan fingerprint density at radius 2 is 1.62 bits per heavy atom. The fourth-order valence-electron chi connectivity index (χ4n) is 1.99. The molecule has 0 aliphatic carbocycles. The van der Waals surface area contributed by atoms with Crippen molar-refractivity contribution in [3.8, 4) is 11.5 Å². The normalized spacial score (nSPS) is 11.4. The van der Waals surface area contributed by atoms with Crippen LogP contribution in [-0.2, 0) is 12.0 Å². The molecule has 3 heteroatoms. The molecule has 16 heavy (non-hydrogen) atoms. The highest BCUT2D eigenvalue weighted by molar-refractivity contribution is 5.51. The Kier molecular flexibility index (Phi) is 3.81. The SMILES string of the molecule is CCc1c(OC)ccc(OC)c1C(C)(C)O. The summed E-state index contributed by atoms with van der Waals surface area (Å²) in [5.41, 5.74) is 0.858. The second kappa shape index (κ2) is 4.74. The van der Waals surface area contributed by atoms with Crippen LogP contribution in [0.4, 0.5) is 0 Å². The summed E-state index contributed by atoms with van der Waals surface area (Å²) in [6.45, 7) is 5.54. The predicted octanol–water partition coefficient (Wildman–Crippen LogP) is 2.49. The van der Waals surface area contributed by atoms with Crippen LogP contribution in [0.25, 0.3) is 0 Å². The van der Waals surface area contributed by atoms with Gasteiger partial charge in [-0.2, -0.15) is 0 Å². The Labute approximate surface area is 97.0 Å². The Hall–Kier alpha value is -1.22. The molecule has 0 unspecified atom stereocenters. The van der Waals surface area contributed by atoms with Crippen LogP contribution < -0.4 is 9.47 Å². The highest BCUT2D eigenvalue weighted by atomic mass is 16.5. The van der Waals surface area contributed by atoms with Crippen LogP contribution in [0.2, 0.25) is 0 Å². The van der Waals surface area contributed by atoms with E-state index in [0.717, 1.165) is 23.3 Å². The van der Waals surface area contributed by atoms with Gasteiger partial charge in [-0.1, -0.05) is 6.92 Å². The van der Waals surface area contributed by atoms with Crippen LogP contribution in [0.5, 0.6) is 11.5 Å². The monoisotopic (exact) mass is 224 g/mol. The van der Waals surface area contributed by atoms with Gasteiger partial charge in [0.1, 0.15) is 11.5 Å². The second-order valence-electron chi connectivity index (χ2n) is 4.24. The van der Waals surface area contributed by atoms with Crippen LogP contribution in [0.1, 0.15) is 31.9 Å².